The molecule has 1 aromatic heterocycles. The van der Waals surface area contributed by atoms with Crippen molar-refractivity contribution < 1.29 is 18.8 Å². The summed E-state index contributed by atoms with van der Waals surface area (Å²) in [5.74, 6) is -1.57. The Bertz CT molecular complexity index is 1290. The number of imidazole rings is 1. The molecule has 1 aliphatic heterocycles. The van der Waals surface area contributed by atoms with Gasteiger partial charge in [0.15, 0.2) is 5.69 Å². The fourth-order valence-corrected chi connectivity index (χ4v) is 4.58. The zero-order chi connectivity index (χ0) is 26.6. The third kappa shape index (κ3) is 5.67. The van der Waals surface area contributed by atoms with Gasteiger partial charge in [-0.05, 0) is 55.2 Å². The van der Waals surface area contributed by atoms with E-state index in [0.717, 1.165) is 11.1 Å². The van der Waals surface area contributed by atoms with Crippen LogP contribution in [-0.2, 0) is 24.3 Å². The van der Waals surface area contributed by atoms with Crippen molar-refractivity contribution in [2.45, 2.75) is 45.3 Å². The molecule has 0 aliphatic carbocycles. The van der Waals surface area contributed by atoms with Gasteiger partial charge >= 0.3 is 0 Å². The van der Waals surface area contributed by atoms with Crippen LogP contribution in [-0.4, -0.2) is 50.8 Å². The summed E-state index contributed by atoms with van der Waals surface area (Å²) in [6.07, 6.45) is 2.65. The largest absolute Gasteiger partial charge is 0.350 e. The van der Waals surface area contributed by atoms with Gasteiger partial charge in [-0.3, -0.25) is 14.4 Å². The summed E-state index contributed by atoms with van der Waals surface area (Å²) in [7, 11) is 0. The standard InChI is InChI=1S/C27H29ClFN5O3/c1-3-14-34-25(36)23-22(24(35)30-13-12-18-4-8-20(28)9-5-18)32-17-33(23)16-27(34,2)26(37)31-15-19-6-10-21(29)11-7-19/h4-11,17H,3,12-16H2,1-2H3,(H,30,35)(H,31,37). The predicted molar refractivity (Wildman–Crippen MR) is 138 cm³/mol. The Morgan fingerprint density at radius 3 is 2.43 bits per heavy atom. The first-order valence-electron chi connectivity index (χ1n) is 12.2. The number of nitrogens with one attached hydrogen (secondary N) is 2. The second kappa shape index (κ2) is 11.1. The van der Waals surface area contributed by atoms with Crippen molar-refractivity contribution in [3.63, 3.8) is 0 Å². The lowest BCUT2D eigenvalue weighted by molar-refractivity contribution is -0.133. The summed E-state index contributed by atoms with van der Waals surface area (Å²) in [5.41, 5.74) is 0.771. The molecule has 4 rings (SSSR count). The highest BCUT2D eigenvalue weighted by Gasteiger charge is 2.48. The zero-order valence-electron chi connectivity index (χ0n) is 20.8. The van der Waals surface area contributed by atoms with Gasteiger partial charge in [-0.25, -0.2) is 9.37 Å². The van der Waals surface area contributed by atoms with E-state index < -0.39 is 17.4 Å². The third-order valence-corrected chi connectivity index (χ3v) is 6.74. The van der Waals surface area contributed by atoms with E-state index in [1.54, 1.807) is 35.8 Å². The molecule has 2 N–H and O–H groups in total. The third-order valence-electron chi connectivity index (χ3n) is 6.49. The Morgan fingerprint density at radius 2 is 1.76 bits per heavy atom. The minimum Gasteiger partial charge on any atom is -0.350 e. The molecule has 0 radical (unpaired) electrons. The zero-order valence-corrected chi connectivity index (χ0v) is 21.5. The maximum absolute atomic E-state index is 13.6. The van der Waals surface area contributed by atoms with Gasteiger partial charge in [0.25, 0.3) is 11.8 Å². The molecule has 3 aromatic rings. The number of hydrogen-bond acceptors (Lipinski definition) is 4. The normalized spacial score (nSPS) is 16.9. The molecule has 10 heteroatoms. The van der Waals surface area contributed by atoms with Crippen molar-refractivity contribution in [2.24, 2.45) is 0 Å². The average Bonchev–Trinajstić information content (AvgIpc) is 3.31. The van der Waals surface area contributed by atoms with E-state index in [1.807, 2.05) is 19.1 Å². The minimum atomic E-state index is -1.19. The Hall–Kier alpha value is -3.72. The summed E-state index contributed by atoms with van der Waals surface area (Å²) in [4.78, 5) is 45.6. The van der Waals surface area contributed by atoms with Crippen LogP contribution in [0.25, 0.3) is 0 Å². The fraction of sp³-hybridized carbons (Fsp3) is 0.333. The van der Waals surface area contributed by atoms with Crippen LogP contribution in [0.1, 0.15) is 52.4 Å². The molecule has 1 aliphatic rings. The van der Waals surface area contributed by atoms with Crippen LogP contribution in [0.15, 0.2) is 54.9 Å². The molecule has 194 valence electrons. The van der Waals surface area contributed by atoms with Gasteiger partial charge in [0.2, 0.25) is 5.91 Å². The molecular weight excluding hydrogens is 497 g/mol. The number of aromatic nitrogens is 2. The number of rotatable bonds is 9. The van der Waals surface area contributed by atoms with E-state index in [1.165, 1.54) is 23.4 Å². The molecule has 0 saturated heterocycles. The van der Waals surface area contributed by atoms with E-state index >= 15 is 0 Å². The van der Waals surface area contributed by atoms with Crippen LogP contribution in [0.5, 0.6) is 0 Å². The van der Waals surface area contributed by atoms with Gasteiger partial charge < -0.3 is 20.1 Å². The van der Waals surface area contributed by atoms with E-state index in [0.29, 0.717) is 31.0 Å². The van der Waals surface area contributed by atoms with E-state index in [9.17, 15) is 18.8 Å². The lowest BCUT2D eigenvalue weighted by Crippen LogP contribution is -2.64. The molecule has 1 unspecified atom stereocenters. The second-order valence-electron chi connectivity index (χ2n) is 9.24. The van der Waals surface area contributed by atoms with Gasteiger partial charge in [-0.2, -0.15) is 0 Å². The summed E-state index contributed by atoms with van der Waals surface area (Å²) in [6.45, 7) is 4.66. The molecule has 2 aromatic carbocycles. The van der Waals surface area contributed by atoms with Crippen molar-refractivity contribution in [1.82, 2.24) is 25.1 Å². The van der Waals surface area contributed by atoms with Gasteiger partial charge in [0.1, 0.15) is 17.1 Å². The first kappa shape index (κ1) is 26.3. The Labute approximate surface area is 219 Å². The summed E-state index contributed by atoms with van der Waals surface area (Å²) in [5, 5.41) is 6.34. The second-order valence-corrected chi connectivity index (χ2v) is 9.68. The highest BCUT2D eigenvalue weighted by Crippen LogP contribution is 2.29. The topological polar surface area (TPSA) is 96.3 Å². The van der Waals surface area contributed by atoms with Crippen LogP contribution in [0.2, 0.25) is 5.02 Å². The molecular formula is C27H29ClFN5O3. The van der Waals surface area contributed by atoms with Crippen LogP contribution in [0.4, 0.5) is 4.39 Å². The summed E-state index contributed by atoms with van der Waals surface area (Å²) in [6, 6.07) is 13.2. The van der Waals surface area contributed by atoms with E-state index in [2.05, 4.69) is 15.6 Å². The van der Waals surface area contributed by atoms with Crippen molar-refractivity contribution in [2.75, 3.05) is 13.1 Å². The highest BCUT2D eigenvalue weighted by atomic mass is 35.5. The van der Waals surface area contributed by atoms with Crippen molar-refractivity contribution in [3.05, 3.63) is 88.2 Å². The number of amides is 3. The first-order chi connectivity index (χ1) is 17.7. The molecule has 0 fully saturated rings. The lowest BCUT2D eigenvalue weighted by Gasteiger charge is -2.43. The summed E-state index contributed by atoms with van der Waals surface area (Å²) >= 11 is 5.92. The van der Waals surface area contributed by atoms with E-state index in [4.69, 9.17) is 11.6 Å². The number of fused-ring (bicyclic) bond motifs is 1. The van der Waals surface area contributed by atoms with Gasteiger partial charge in [0.05, 0.1) is 12.9 Å². The molecule has 0 saturated carbocycles. The van der Waals surface area contributed by atoms with Crippen molar-refractivity contribution in [1.29, 1.82) is 0 Å². The minimum absolute atomic E-state index is 0.0379. The molecule has 0 bridgehead atoms. The number of benzene rings is 2. The summed E-state index contributed by atoms with van der Waals surface area (Å²) < 4.78 is 14.8. The molecule has 8 nitrogen and oxygen atoms in total. The number of nitrogens with zero attached hydrogens (tertiary/aromatic N) is 3. The number of halogens is 2. The van der Waals surface area contributed by atoms with Crippen molar-refractivity contribution in [3.8, 4) is 0 Å². The monoisotopic (exact) mass is 525 g/mol. The molecule has 37 heavy (non-hydrogen) atoms. The maximum atomic E-state index is 13.6. The number of carbonyl (C=O) groups excluding carboxylic acids is 3. The number of hydrogen-bond donors (Lipinski definition) is 2. The van der Waals surface area contributed by atoms with E-state index in [-0.39, 0.29) is 36.2 Å². The molecule has 3 amide bonds. The van der Waals surface area contributed by atoms with Crippen molar-refractivity contribution >= 4 is 29.3 Å². The number of carbonyl (C=O) groups is 3. The van der Waals surface area contributed by atoms with Gasteiger partial charge in [0, 0.05) is 24.7 Å². The van der Waals surface area contributed by atoms with Crippen LogP contribution < -0.4 is 10.6 Å². The molecule has 2 heterocycles. The average molecular weight is 526 g/mol. The molecule has 0 spiro atoms. The van der Waals surface area contributed by atoms with Crippen LogP contribution in [0.3, 0.4) is 0 Å². The van der Waals surface area contributed by atoms with Crippen LogP contribution in [0, 0.1) is 5.82 Å². The van der Waals surface area contributed by atoms with Gasteiger partial charge in [-0.1, -0.05) is 42.8 Å². The predicted octanol–water partition coefficient (Wildman–Crippen LogP) is 3.59. The Morgan fingerprint density at radius 1 is 1.08 bits per heavy atom. The highest BCUT2D eigenvalue weighted by molar-refractivity contribution is 6.30. The Kier molecular flexibility index (Phi) is 7.92. The molecule has 1 atom stereocenters. The Balaban J connectivity index is 1.48. The smallest absolute Gasteiger partial charge is 0.273 e. The fourth-order valence-electron chi connectivity index (χ4n) is 4.46. The quantitative estimate of drug-likeness (QED) is 0.446. The lowest BCUT2D eigenvalue weighted by atomic mass is 9.94. The first-order valence-corrected chi connectivity index (χ1v) is 12.5. The van der Waals surface area contributed by atoms with Gasteiger partial charge in [-0.15, -0.1) is 0 Å². The maximum Gasteiger partial charge on any atom is 0.273 e. The van der Waals surface area contributed by atoms with Crippen LogP contribution >= 0.6 is 11.6 Å². The SMILES string of the molecule is CCCN1C(=O)c2c(C(=O)NCCc3ccc(Cl)cc3)ncn2CC1(C)C(=O)NCc1ccc(F)cc1.